The van der Waals surface area contributed by atoms with Crippen molar-refractivity contribution in [2.75, 3.05) is 7.11 Å². The minimum absolute atomic E-state index is 0.153. The van der Waals surface area contributed by atoms with Crippen molar-refractivity contribution in [2.45, 2.75) is 26.7 Å². The van der Waals surface area contributed by atoms with Crippen LogP contribution in [0.15, 0.2) is 23.8 Å². The van der Waals surface area contributed by atoms with Crippen LogP contribution in [0, 0.1) is 5.41 Å². The molecule has 0 saturated heterocycles. The van der Waals surface area contributed by atoms with E-state index in [-0.39, 0.29) is 5.97 Å². The first kappa shape index (κ1) is 10.0. The van der Waals surface area contributed by atoms with Gasteiger partial charge in [-0.05, 0) is 19.8 Å². The van der Waals surface area contributed by atoms with E-state index in [1.165, 1.54) is 7.11 Å². The van der Waals surface area contributed by atoms with Gasteiger partial charge in [0, 0.05) is 0 Å². The van der Waals surface area contributed by atoms with Crippen molar-refractivity contribution in [3.05, 3.63) is 23.8 Å². The fraction of sp³-hybridized carbons (Fsp3) is 0.545. The molecule has 0 N–H and O–H groups in total. The lowest BCUT2D eigenvalue weighted by molar-refractivity contribution is -0.148. The van der Waals surface area contributed by atoms with E-state index in [2.05, 4.69) is 6.08 Å². The van der Waals surface area contributed by atoms with Crippen molar-refractivity contribution in [1.29, 1.82) is 0 Å². The third-order valence-electron chi connectivity index (χ3n) is 2.77. The van der Waals surface area contributed by atoms with Crippen molar-refractivity contribution >= 4 is 5.97 Å². The average molecular weight is 180 g/mol. The number of carbonyl (C=O) groups excluding carboxylic acids is 1. The van der Waals surface area contributed by atoms with Crippen LogP contribution in [0.25, 0.3) is 0 Å². The molecule has 2 heteroatoms. The second-order valence-electron chi connectivity index (χ2n) is 3.34. The Bertz CT molecular complexity index is 263. The van der Waals surface area contributed by atoms with Crippen LogP contribution in [0.4, 0.5) is 0 Å². The Morgan fingerprint density at radius 3 is 2.85 bits per heavy atom. The molecule has 2 nitrogen and oxygen atoms in total. The largest absolute Gasteiger partial charge is 0.468 e. The molecule has 1 aliphatic carbocycles. The minimum atomic E-state index is -0.493. The fourth-order valence-electron chi connectivity index (χ4n) is 1.78. The quantitative estimate of drug-likeness (QED) is 0.482. The Morgan fingerprint density at radius 2 is 2.38 bits per heavy atom. The van der Waals surface area contributed by atoms with E-state index in [4.69, 9.17) is 4.74 Å². The summed E-state index contributed by atoms with van der Waals surface area (Å²) in [6, 6.07) is 0. The summed E-state index contributed by atoms with van der Waals surface area (Å²) in [7, 11) is 1.44. The second kappa shape index (κ2) is 3.77. The molecule has 0 unspecified atom stereocenters. The van der Waals surface area contributed by atoms with Gasteiger partial charge in [-0.2, -0.15) is 0 Å². The maximum atomic E-state index is 11.6. The van der Waals surface area contributed by atoms with Crippen molar-refractivity contribution in [1.82, 2.24) is 0 Å². The second-order valence-corrected chi connectivity index (χ2v) is 3.34. The monoisotopic (exact) mass is 180 g/mol. The highest BCUT2D eigenvalue weighted by atomic mass is 16.5. The van der Waals surface area contributed by atoms with E-state index in [1.54, 1.807) is 0 Å². The summed E-state index contributed by atoms with van der Waals surface area (Å²) in [6.07, 6.45) is 7.76. The molecule has 1 atom stereocenters. The Labute approximate surface area is 79.3 Å². The smallest absolute Gasteiger partial charge is 0.319 e. The molecule has 0 aromatic rings. The topological polar surface area (TPSA) is 26.3 Å². The lowest BCUT2D eigenvalue weighted by Crippen LogP contribution is -2.32. The molecule has 0 fully saturated rings. The van der Waals surface area contributed by atoms with Gasteiger partial charge in [0.1, 0.15) is 5.41 Å². The molecule has 0 saturated carbocycles. The lowest BCUT2D eigenvalue weighted by Gasteiger charge is -2.29. The Hall–Kier alpha value is -1.05. The summed E-state index contributed by atoms with van der Waals surface area (Å²) in [6.45, 7) is 3.99. The van der Waals surface area contributed by atoms with Crippen LogP contribution in [-0.4, -0.2) is 13.1 Å². The summed E-state index contributed by atoms with van der Waals surface area (Å²) < 4.78 is 4.82. The number of esters is 1. The molecule has 0 amide bonds. The zero-order valence-corrected chi connectivity index (χ0v) is 8.46. The molecular formula is C11H16O2. The van der Waals surface area contributed by atoms with Crippen molar-refractivity contribution in [2.24, 2.45) is 5.41 Å². The predicted octanol–water partition coefficient (Wildman–Crippen LogP) is 2.46. The van der Waals surface area contributed by atoms with Gasteiger partial charge in [0.05, 0.1) is 7.11 Å². The zero-order valence-electron chi connectivity index (χ0n) is 8.46. The van der Waals surface area contributed by atoms with Crippen molar-refractivity contribution in [3.63, 3.8) is 0 Å². The fourth-order valence-corrected chi connectivity index (χ4v) is 1.78. The van der Waals surface area contributed by atoms with Gasteiger partial charge in [-0.25, -0.2) is 0 Å². The Kier molecular flexibility index (Phi) is 2.91. The normalized spacial score (nSPS) is 26.8. The first-order valence-corrected chi connectivity index (χ1v) is 4.60. The third kappa shape index (κ3) is 1.53. The summed E-state index contributed by atoms with van der Waals surface area (Å²) in [5, 5.41) is 0. The van der Waals surface area contributed by atoms with E-state index < -0.39 is 5.41 Å². The highest BCUT2D eigenvalue weighted by molar-refractivity contribution is 5.83. The van der Waals surface area contributed by atoms with Gasteiger partial charge < -0.3 is 4.74 Å². The minimum Gasteiger partial charge on any atom is -0.468 e. The van der Waals surface area contributed by atoms with Crippen LogP contribution in [-0.2, 0) is 9.53 Å². The molecule has 0 aliphatic heterocycles. The molecule has 0 spiro atoms. The first-order chi connectivity index (χ1) is 6.17. The summed E-state index contributed by atoms with van der Waals surface area (Å²) in [5.74, 6) is -0.153. The van der Waals surface area contributed by atoms with Gasteiger partial charge in [-0.3, -0.25) is 4.79 Å². The van der Waals surface area contributed by atoms with E-state index in [1.807, 2.05) is 26.0 Å². The molecule has 0 bridgehead atoms. The number of hydrogen-bond acceptors (Lipinski definition) is 2. The summed E-state index contributed by atoms with van der Waals surface area (Å²) in [5.41, 5.74) is 0.608. The molecule has 13 heavy (non-hydrogen) atoms. The number of rotatable bonds is 2. The number of hydrogen-bond donors (Lipinski definition) is 0. The molecule has 0 aromatic carbocycles. The number of ether oxygens (including phenoxy) is 1. The van der Waals surface area contributed by atoms with Crippen molar-refractivity contribution in [3.8, 4) is 0 Å². The highest BCUT2D eigenvalue weighted by Gasteiger charge is 2.37. The number of carbonyl (C=O) groups is 1. The standard InChI is InChI=1S/C11H16O2/c1-4-11(10(12)13-3)8-6-5-7-9(11)2/h6-8H,4-5H2,1-3H3/t11-/m1/s1. The molecule has 0 radical (unpaired) electrons. The predicted molar refractivity (Wildman–Crippen MR) is 52.3 cm³/mol. The SMILES string of the molecule is CC[C@@]1(C(=O)OC)C=CCC=C1C. The van der Waals surface area contributed by atoms with E-state index >= 15 is 0 Å². The van der Waals surface area contributed by atoms with Crippen LogP contribution in [0.1, 0.15) is 26.7 Å². The Morgan fingerprint density at radius 1 is 1.69 bits per heavy atom. The molecule has 1 rings (SSSR count). The van der Waals surface area contributed by atoms with Crippen LogP contribution in [0.5, 0.6) is 0 Å². The zero-order chi connectivity index (χ0) is 9.90. The van der Waals surface area contributed by atoms with Crippen molar-refractivity contribution < 1.29 is 9.53 Å². The molecular weight excluding hydrogens is 164 g/mol. The molecule has 0 aromatic heterocycles. The van der Waals surface area contributed by atoms with E-state index in [0.717, 1.165) is 18.4 Å². The van der Waals surface area contributed by atoms with Gasteiger partial charge >= 0.3 is 5.97 Å². The molecule has 1 aliphatic rings. The van der Waals surface area contributed by atoms with Gasteiger partial charge in [-0.1, -0.05) is 30.7 Å². The van der Waals surface area contributed by atoms with E-state index in [9.17, 15) is 4.79 Å². The Balaban J connectivity index is 3.03. The molecule has 72 valence electrons. The van der Waals surface area contributed by atoms with Crippen LogP contribution < -0.4 is 0 Å². The first-order valence-electron chi connectivity index (χ1n) is 4.60. The molecule has 0 heterocycles. The van der Waals surface area contributed by atoms with Gasteiger partial charge in [-0.15, -0.1) is 0 Å². The van der Waals surface area contributed by atoms with E-state index in [0.29, 0.717) is 0 Å². The highest BCUT2D eigenvalue weighted by Crippen LogP contribution is 2.37. The van der Waals surface area contributed by atoms with Crippen LogP contribution >= 0.6 is 0 Å². The average Bonchev–Trinajstić information content (AvgIpc) is 2.18. The number of methoxy groups -OCH3 is 1. The summed E-state index contributed by atoms with van der Waals surface area (Å²) >= 11 is 0. The van der Waals surface area contributed by atoms with Gasteiger partial charge in [0.15, 0.2) is 0 Å². The third-order valence-corrected chi connectivity index (χ3v) is 2.77. The van der Waals surface area contributed by atoms with Gasteiger partial charge in [0.2, 0.25) is 0 Å². The van der Waals surface area contributed by atoms with Gasteiger partial charge in [0.25, 0.3) is 0 Å². The lowest BCUT2D eigenvalue weighted by atomic mass is 9.75. The maximum absolute atomic E-state index is 11.6. The number of allylic oxidation sites excluding steroid dienone is 2. The van der Waals surface area contributed by atoms with Crippen LogP contribution in [0.2, 0.25) is 0 Å². The summed E-state index contributed by atoms with van der Waals surface area (Å²) in [4.78, 5) is 11.6. The maximum Gasteiger partial charge on any atom is 0.319 e. The van der Waals surface area contributed by atoms with Crippen LogP contribution in [0.3, 0.4) is 0 Å².